The largest absolute Gasteiger partial charge is 0.416 e. The number of anilines is 3. The van der Waals surface area contributed by atoms with E-state index in [9.17, 15) is 13.2 Å². The first kappa shape index (κ1) is 17.9. The normalized spacial score (nSPS) is 11.2. The Bertz CT molecular complexity index is 889. The lowest BCUT2D eigenvalue weighted by Crippen LogP contribution is -2.08. The average Bonchev–Trinajstić information content (AvgIpc) is 2.62. The van der Waals surface area contributed by atoms with Gasteiger partial charge in [-0.1, -0.05) is 11.6 Å². The number of halogens is 4. The summed E-state index contributed by atoms with van der Waals surface area (Å²) >= 11 is 5.95. The highest BCUT2D eigenvalue weighted by atomic mass is 35.5. The Hall–Kier alpha value is -2.94. The average molecular weight is 381 g/mol. The molecule has 0 aliphatic carbocycles. The molecule has 0 amide bonds. The highest BCUT2D eigenvalue weighted by Gasteiger charge is 2.31. The third-order valence-electron chi connectivity index (χ3n) is 3.32. The lowest BCUT2D eigenvalue weighted by atomic mass is 10.2. The maximum atomic E-state index is 12.8. The molecule has 0 saturated heterocycles. The number of aromatic nitrogens is 4. The van der Waals surface area contributed by atoms with E-state index in [0.29, 0.717) is 12.4 Å². The van der Waals surface area contributed by atoms with Gasteiger partial charge in [0.05, 0.1) is 22.5 Å². The number of nitrogens with one attached hydrogen (secondary N) is 2. The first-order valence-corrected chi connectivity index (χ1v) is 7.76. The maximum absolute atomic E-state index is 12.8. The summed E-state index contributed by atoms with van der Waals surface area (Å²) in [5.41, 5.74) is 0.188. The van der Waals surface area contributed by atoms with Gasteiger partial charge in [-0.05, 0) is 35.9 Å². The predicted octanol–water partition coefficient (Wildman–Crippen LogP) is 4.29. The zero-order valence-corrected chi connectivity index (χ0v) is 13.9. The van der Waals surface area contributed by atoms with Crippen LogP contribution in [0.3, 0.4) is 0 Å². The molecule has 0 bridgehead atoms. The van der Waals surface area contributed by atoms with Crippen LogP contribution in [0.1, 0.15) is 11.1 Å². The van der Waals surface area contributed by atoms with E-state index in [-0.39, 0.29) is 16.7 Å². The molecule has 6 nitrogen and oxygen atoms in total. The highest BCUT2D eigenvalue weighted by Crippen LogP contribution is 2.34. The summed E-state index contributed by atoms with van der Waals surface area (Å²) in [6.07, 6.45) is 0.254. The van der Waals surface area contributed by atoms with Gasteiger partial charge in [0.1, 0.15) is 0 Å². The van der Waals surface area contributed by atoms with Gasteiger partial charge in [0.15, 0.2) is 5.82 Å². The maximum Gasteiger partial charge on any atom is 0.416 e. The second-order valence-electron chi connectivity index (χ2n) is 5.19. The molecule has 0 aliphatic rings. The molecule has 3 aromatic rings. The Labute approximate surface area is 151 Å². The summed E-state index contributed by atoms with van der Waals surface area (Å²) in [5.74, 6) is 0.424. The number of nitrogens with zero attached hydrogens (tertiary/aromatic N) is 4. The van der Waals surface area contributed by atoms with Gasteiger partial charge in [0.25, 0.3) is 0 Å². The third kappa shape index (κ3) is 4.57. The van der Waals surface area contributed by atoms with E-state index in [2.05, 4.69) is 30.8 Å². The summed E-state index contributed by atoms with van der Waals surface area (Å²) in [5, 5.41) is 13.3. The van der Waals surface area contributed by atoms with E-state index < -0.39 is 11.7 Å². The SMILES string of the molecule is FC(F)(F)c1ccc(Cl)c(Nc2nncc(NCc3ccncc3)n2)c1. The molecule has 1 aromatic carbocycles. The number of alkyl halides is 3. The topological polar surface area (TPSA) is 75.6 Å². The van der Waals surface area contributed by atoms with E-state index in [1.807, 2.05) is 12.1 Å². The highest BCUT2D eigenvalue weighted by molar-refractivity contribution is 6.33. The van der Waals surface area contributed by atoms with Gasteiger partial charge in [-0.25, -0.2) is 0 Å². The van der Waals surface area contributed by atoms with Crippen LogP contribution in [-0.2, 0) is 12.7 Å². The van der Waals surface area contributed by atoms with Crippen LogP contribution in [0.5, 0.6) is 0 Å². The molecule has 0 atom stereocenters. The molecular formula is C16H12ClF3N6. The van der Waals surface area contributed by atoms with Crippen LogP contribution in [0.25, 0.3) is 0 Å². The van der Waals surface area contributed by atoms with Gasteiger partial charge >= 0.3 is 6.18 Å². The molecule has 0 spiro atoms. The standard InChI is InChI=1S/C16H12ClF3N6/c17-12-2-1-11(16(18,19)20)7-13(12)24-15-25-14(9-23-26-15)22-8-10-3-5-21-6-4-10/h1-7,9H,8H2,(H2,22,24,25,26). The van der Waals surface area contributed by atoms with Crippen molar-refractivity contribution in [2.24, 2.45) is 0 Å². The molecule has 26 heavy (non-hydrogen) atoms. The Kier molecular flexibility index (Phi) is 5.17. The van der Waals surface area contributed by atoms with Crippen molar-refractivity contribution < 1.29 is 13.2 Å². The summed E-state index contributed by atoms with van der Waals surface area (Å²) in [7, 11) is 0. The van der Waals surface area contributed by atoms with Crippen molar-refractivity contribution in [1.82, 2.24) is 20.2 Å². The molecule has 0 aliphatic heterocycles. The summed E-state index contributed by atoms with van der Waals surface area (Å²) in [4.78, 5) is 8.09. The Morgan fingerprint density at radius 3 is 2.58 bits per heavy atom. The van der Waals surface area contributed by atoms with Crippen molar-refractivity contribution in [1.29, 1.82) is 0 Å². The van der Waals surface area contributed by atoms with E-state index in [1.54, 1.807) is 12.4 Å². The molecule has 2 N–H and O–H groups in total. The number of pyridine rings is 1. The van der Waals surface area contributed by atoms with E-state index in [1.165, 1.54) is 6.20 Å². The van der Waals surface area contributed by atoms with Crippen molar-refractivity contribution in [3.63, 3.8) is 0 Å². The van der Waals surface area contributed by atoms with E-state index in [4.69, 9.17) is 11.6 Å². The molecule has 10 heteroatoms. The van der Waals surface area contributed by atoms with Crippen molar-refractivity contribution in [2.75, 3.05) is 10.6 Å². The van der Waals surface area contributed by atoms with Crippen LogP contribution in [-0.4, -0.2) is 20.2 Å². The fourth-order valence-electron chi connectivity index (χ4n) is 2.05. The van der Waals surface area contributed by atoms with Crippen molar-refractivity contribution in [2.45, 2.75) is 12.7 Å². The fourth-order valence-corrected chi connectivity index (χ4v) is 2.22. The minimum absolute atomic E-state index is 0.0194. The number of benzene rings is 1. The van der Waals surface area contributed by atoms with Gasteiger partial charge in [0.2, 0.25) is 5.95 Å². The molecule has 134 valence electrons. The van der Waals surface area contributed by atoms with Crippen LogP contribution >= 0.6 is 11.6 Å². The van der Waals surface area contributed by atoms with Crippen LogP contribution in [0.15, 0.2) is 48.9 Å². The van der Waals surface area contributed by atoms with Crippen LogP contribution in [0.4, 0.5) is 30.6 Å². The predicted molar refractivity (Wildman–Crippen MR) is 91.1 cm³/mol. The summed E-state index contributed by atoms with van der Waals surface area (Å²) in [6, 6.07) is 6.63. The quantitative estimate of drug-likeness (QED) is 0.687. The minimum atomic E-state index is -4.48. The molecule has 0 radical (unpaired) electrons. The first-order valence-electron chi connectivity index (χ1n) is 7.38. The molecule has 2 aromatic heterocycles. The van der Waals surface area contributed by atoms with E-state index >= 15 is 0 Å². The van der Waals surface area contributed by atoms with Crippen molar-refractivity contribution in [3.8, 4) is 0 Å². The second-order valence-corrected chi connectivity index (χ2v) is 5.60. The second kappa shape index (κ2) is 7.52. The van der Waals surface area contributed by atoms with Crippen LogP contribution in [0.2, 0.25) is 5.02 Å². The van der Waals surface area contributed by atoms with Crippen molar-refractivity contribution >= 4 is 29.1 Å². The fraction of sp³-hybridized carbons (Fsp3) is 0.125. The lowest BCUT2D eigenvalue weighted by molar-refractivity contribution is -0.137. The van der Waals surface area contributed by atoms with Crippen LogP contribution < -0.4 is 10.6 Å². The zero-order valence-electron chi connectivity index (χ0n) is 13.1. The third-order valence-corrected chi connectivity index (χ3v) is 3.65. The van der Waals surface area contributed by atoms with Gasteiger partial charge in [0, 0.05) is 18.9 Å². The van der Waals surface area contributed by atoms with Gasteiger partial charge < -0.3 is 10.6 Å². The first-order chi connectivity index (χ1) is 12.4. The Balaban J connectivity index is 1.75. The Morgan fingerprint density at radius 2 is 1.85 bits per heavy atom. The Morgan fingerprint density at radius 1 is 1.08 bits per heavy atom. The number of rotatable bonds is 5. The summed E-state index contributed by atoms with van der Waals surface area (Å²) in [6.45, 7) is 0.477. The molecule has 0 unspecified atom stereocenters. The van der Waals surface area contributed by atoms with E-state index in [0.717, 1.165) is 23.8 Å². The number of hydrogen-bond donors (Lipinski definition) is 2. The minimum Gasteiger partial charge on any atom is -0.365 e. The zero-order chi connectivity index (χ0) is 18.6. The smallest absolute Gasteiger partial charge is 0.365 e. The molecule has 0 fully saturated rings. The van der Waals surface area contributed by atoms with Crippen LogP contribution in [0, 0.1) is 0 Å². The molecule has 3 rings (SSSR count). The van der Waals surface area contributed by atoms with Gasteiger partial charge in [-0.3, -0.25) is 4.98 Å². The molecule has 2 heterocycles. The monoisotopic (exact) mass is 380 g/mol. The lowest BCUT2D eigenvalue weighted by Gasteiger charge is -2.12. The molecule has 0 saturated carbocycles. The van der Waals surface area contributed by atoms with Crippen molar-refractivity contribution in [3.05, 3.63) is 65.1 Å². The van der Waals surface area contributed by atoms with Gasteiger partial charge in [-0.15, -0.1) is 5.10 Å². The molecular weight excluding hydrogens is 369 g/mol. The van der Waals surface area contributed by atoms with Gasteiger partial charge in [-0.2, -0.15) is 23.3 Å². The summed E-state index contributed by atoms with van der Waals surface area (Å²) < 4.78 is 38.5. The number of hydrogen-bond acceptors (Lipinski definition) is 6.